The molecule has 0 fully saturated rings. The van der Waals surface area contributed by atoms with Crippen molar-refractivity contribution in [1.82, 2.24) is 15.5 Å². The number of ether oxygens (including phenoxy) is 1. The van der Waals surface area contributed by atoms with Crippen LogP contribution in [-0.2, 0) is 11.3 Å². The molecule has 0 spiro atoms. The number of hydrogen-bond acceptors (Lipinski definition) is 6. The number of nitrogens with one attached hydrogen (secondary N) is 1. The molecular formula is C19H19N3O3S. The van der Waals surface area contributed by atoms with Crippen LogP contribution in [0, 0.1) is 0 Å². The molecule has 0 radical (unpaired) electrons. The summed E-state index contributed by atoms with van der Waals surface area (Å²) in [4.78, 5) is 12.2. The molecule has 2 aromatic carbocycles. The smallest absolute Gasteiger partial charge is 0.277 e. The molecule has 1 amide bonds. The zero-order valence-electron chi connectivity index (χ0n) is 14.5. The SMILES string of the molecule is COc1ccc(-c2nnc(S[C@@H](C)C(=O)NCc3ccccc3)o2)cc1. The number of carbonyl (C=O) groups excluding carboxylic acids is 1. The lowest BCUT2D eigenvalue weighted by Crippen LogP contribution is -2.30. The quantitative estimate of drug-likeness (QED) is 0.642. The lowest BCUT2D eigenvalue weighted by Gasteiger charge is -2.09. The molecule has 0 aliphatic heterocycles. The molecule has 0 aliphatic rings. The number of benzene rings is 2. The third-order valence-electron chi connectivity index (χ3n) is 3.70. The van der Waals surface area contributed by atoms with Crippen molar-refractivity contribution in [2.24, 2.45) is 0 Å². The lowest BCUT2D eigenvalue weighted by molar-refractivity contribution is -0.120. The van der Waals surface area contributed by atoms with Gasteiger partial charge in [0.05, 0.1) is 12.4 Å². The summed E-state index contributed by atoms with van der Waals surface area (Å²) in [6.07, 6.45) is 0. The first kappa shape index (κ1) is 18.0. The number of amides is 1. The Morgan fingerprint density at radius 3 is 2.58 bits per heavy atom. The summed E-state index contributed by atoms with van der Waals surface area (Å²) in [5.41, 5.74) is 1.85. The number of methoxy groups -OCH3 is 1. The Bertz CT molecular complexity index is 850. The Hall–Kier alpha value is -2.80. The number of aromatic nitrogens is 2. The molecular weight excluding hydrogens is 350 g/mol. The van der Waals surface area contributed by atoms with E-state index in [2.05, 4.69) is 15.5 Å². The fourth-order valence-corrected chi connectivity index (χ4v) is 2.95. The zero-order chi connectivity index (χ0) is 18.4. The van der Waals surface area contributed by atoms with Gasteiger partial charge in [0.1, 0.15) is 5.75 Å². The van der Waals surface area contributed by atoms with Gasteiger partial charge in [-0.1, -0.05) is 42.1 Å². The van der Waals surface area contributed by atoms with E-state index in [1.165, 1.54) is 11.8 Å². The van der Waals surface area contributed by atoms with Crippen molar-refractivity contribution < 1.29 is 13.9 Å². The Morgan fingerprint density at radius 1 is 1.15 bits per heavy atom. The molecule has 0 unspecified atom stereocenters. The number of carbonyl (C=O) groups is 1. The van der Waals surface area contributed by atoms with Gasteiger partial charge >= 0.3 is 0 Å². The van der Waals surface area contributed by atoms with E-state index in [1.807, 2.05) is 61.5 Å². The van der Waals surface area contributed by atoms with E-state index in [0.29, 0.717) is 17.7 Å². The van der Waals surface area contributed by atoms with Crippen LogP contribution in [0.5, 0.6) is 5.75 Å². The molecule has 7 heteroatoms. The minimum Gasteiger partial charge on any atom is -0.497 e. The first-order chi connectivity index (χ1) is 12.7. The van der Waals surface area contributed by atoms with Crippen LogP contribution in [0.25, 0.3) is 11.5 Å². The second kappa shape index (κ2) is 8.53. The number of hydrogen-bond donors (Lipinski definition) is 1. The van der Waals surface area contributed by atoms with E-state index < -0.39 is 0 Å². The van der Waals surface area contributed by atoms with E-state index in [4.69, 9.17) is 9.15 Å². The summed E-state index contributed by atoms with van der Waals surface area (Å²) < 4.78 is 10.8. The van der Waals surface area contributed by atoms with Crippen LogP contribution in [0.4, 0.5) is 0 Å². The van der Waals surface area contributed by atoms with Crippen molar-refractivity contribution in [3.8, 4) is 17.2 Å². The van der Waals surface area contributed by atoms with Gasteiger partial charge < -0.3 is 14.5 Å². The summed E-state index contributed by atoms with van der Waals surface area (Å²) in [6, 6.07) is 17.1. The standard InChI is InChI=1S/C19H19N3O3S/c1-13(17(23)20-12-14-6-4-3-5-7-14)26-19-22-21-18(25-19)15-8-10-16(24-2)11-9-15/h3-11,13H,12H2,1-2H3,(H,20,23)/t13-/m0/s1. The normalized spacial score (nSPS) is 11.8. The minimum atomic E-state index is -0.345. The van der Waals surface area contributed by atoms with Crippen LogP contribution in [0.1, 0.15) is 12.5 Å². The molecule has 3 rings (SSSR count). The molecule has 0 aliphatic carbocycles. The highest BCUT2D eigenvalue weighted by Crippen LogP contribution is 2.27. The van der Waals surface area contributed by atoms with Gasteiger partial charge in [-0.15, -0.1) is 10.2 Å². The fraction of sp³-hybridized carbons (Fsp3) is 0.211. The van der Waals surface area contributed by atoms with Crippen molar-refractivity contribution in [2.45, 2.75) is 23.9 Å². The van der Waals surface area contributed by atoms with Gasteiger partial charge in [-0.25, -0.2) is 0 Å². The van der Waals surface area contributed by atoms with Crippen molar-refractivity contribution in [3.63, 3.8) is 0 Å². The second-order valence-electron chi connectivity index (χ2n) is 5.57. The van der Waals surface area contributed by atoms with E-state index in [0.717, 1.165) is 16.9 Å². The van der Waals surface area contributed by atoms with Gasteiger partial charge in [0.2, 0.25) is 11.8 Å². The van der Waals surface area contributed by atoms with E-state index in [9.17, 15) is 4.79 Å². The van der Waals surface area contributed by atoms with Crippen LogP contribution < -0.4 is 10.1 Å². The zero-order valence-corrected chi connectivity index (χ0v) is 15.3. The van der Waals surface area contributed by atoms with E-state index in [1.54, 1.807) is 7.11 Å². The molecule has 26 heavy (non-hydrogen) atoms. The Kier molecular flexibility index (Phi) is 5.91. The maximum Gasteiger partial charge on any atom is 0.277 e. The molecule has 6 nitrogen and oxygen atoms in total. The van der Waals surface area contributed by atoms with Gasteiger partial charge in [0.15, 0.2) is 0 Å². The first-order valence-corrected chi connectivity index (χ1v) is 9.00. The average molecular weight is 369 g/mol. The van der Waals surface area contributed by atoms with Crippen molar-refractivity contribution in [2.75, 3.05) is 7.11 Å². The molecule has 1 aromatic heterocycles. The largest absolute Gasteiger partial charge is 0.497 e. The highest BCUT2D eigenvalue weighted by atomic mass is 32.2. The fourth-order valence-electron chi connectivity index (χ4n) is 2.24. The van der Waals surface area contributed by atoms with Crippen molar-refractivity contribution in [3.05, 3.63) is 60.2 Å². The van der Waals surface area contributed by atoms with Crippen LogP contribution in [0.2, 0.25) is 0 Å². The Balaban J connectivity index is 1.56. The third kappa shape index (κ3) is 4.64. The highest BCUT2D eigenvalue weighted by molar-refractivity contribution is 8.00. The van der Waals surface area contributed by atoms with E-state index in [-0.39, 0.29) is 11.2 Å². The predicted molar refractivity (Wildman–Crippen MR) is 99.9 cm³/mol. The molecule has 134 valence electrons. The third-order valence-corrected chi connectivity index (χ3v) is 4.63. The summed E-state index contributed by atoms with van der Waals surface area (Å²) in [6.45, 7) is 2.30. The number of thioether (sulfide) groups is 1. The van der Waals surface area contributed by atoms with Gasteiger partial charge in [-0.2, -0.15) is 0 Å². The first-order valence-electron chi connectivity index (χ1n) is 8.12. The predicted octanol–water partition coefficient (Wildman–Crippen LogP) is 3.54. The molecule has 0 saturated heterocycles. The Labute approximate surface area is 156 Å². The van der Waals surface area contributed by atoms with Gasteiger partial charge in [0, 0.05) is 12.1 Å². The summed E-state index contributed by atoms with van der Waals surface area (Å²) in [5.74, 6) is 1.08. The molecule has 1 N–H and O–H groups in total. The van der Waals surface area contributed by atoms with Gasteiger partial charge in [-0.3, -0.25) is 4.79 Å². The molecule has 1 heterocycles. The second-order valence-corrected chi connectivity index (χ2v) is 6.86. The highest BCUT2D eigenvalue weighted by Gasteiger charge is 2.18. The van der Waals surface area contributed by atoms with Crippen LogP contribution in [0.15, 0.2) is 64.2 Å². The van der Waals surface area contributed by atoms with Crippen LogP contribution in [-0.4, -0.2) is 28.5 Å². The van der Waals surface area contributed by atoms with Crippen LogP contribution >= 0.6 is 11.8 Å². The lowest BCUT2D eigenvalue weighted by atomic mass is 10.2. The van der Waals surface area contributed by atoms with Gasteiger partial charge in [0.25, 0.3) is 5.22 Å². The summed E-state index contributed by atoms with van der Waals surface area (Å²) in [5, 5.41) is 11.0. The summed E-state index contributed by atoms with van der Waals surface area (Å²) in [7, 11) is 1.61. The minimum absolute atomic E-state index is 0.0805. The molecule has 1 atom stereocenters. The van der Waals surface area contributed by atoms with Crippen molar-refractivity contribution >= 4 is 17.7 Å². The van der Waals surface area contributed by atoms with Gasteiger partial charge in [-0.05, 0) is 36.8 Å². The monoisotopic (exact) mass is 369 g/mol. The molecule has 3 aromatic rings. The van der Waals surface area contributed by atoms with Crippen LogP contribution in [0.3, 0.4) is 0 Å². The summed E-state index contributed by atoms with van der Waals surface area (Å²) >= 11 is 1.23. The molecule has 0 bridgehead atoms. The maximum absolute atomic E-state index is 12.2. The molecule has 0 saturated carbocycles. The number of nitrogens with zero attached hydrogens (tertiary/aromatic N) is 2. The van der Waals surface area contributed by atoms with Crippen molar-refractivity contribution in [1.29, 1.82) is 0 Å². The average Bonchev–Trinajstić information content (AvgIpc) is 3.15. The topological polar surface area (TPSA) is 77.2 Å². The van der Waals surface area contributed by atoms with E-state index >= 15 is 0 Å². The number of rotatable bonds is 7. The maximum atomic E-state index is 12.2. The Morgan fingerprint density at radius 2 is 1.88 bits per heavy atom.